The maximum absolute atomic E-state index is 13.6. The van der Waals surface area contributed by atoms with E-state index in [0.29, 0.717) is 6.54 Å². The van der Waals surface area contributed by atoms with Crippen LogP contribution in [-0.4, -0.2) is 26.0 Å². The van der Waals surface area contributed by atoms with Gasteiger partial charge >= 0.3 is 0 Å². The summed E-state index contributed by atoms with van der Waals surface area (Å²) in [7, 11) is 1.99. The van der Waals surface area contributed by atoms with Crippen molar-refractivity contribution in [1.82, 2.24) is 5.32 Å². The van der Waals surface area contributed by atoms with Gasteiger partial charge in [-0.25, -0.2) is 4.39 Å². The lowest BCUT2D eigenvalue weighted by atomic mass is 10.2. The average Bonchev–Trinajstić information content (AvgIpc) is 2.52. The van der Waals surface area contributed by atoms with Gasteiger partial charge in [-0.3, -0.25) is 4.79 Å². The summed E-state index contributed by atoms with van der Waals surface area (Å²) in [5, 5.41) is 2.82. The minimum Gasteiger partial charge on any atom is -0.375 e. The Hall–Kier alpha value is -2.07. The third-order valence-electron chi connectivity index (χ3n) is 3.34. The van der Waals surface area contributed by atoms with E-state index in [0.717, 1.165) is 18.7 Å². The van der Waals surface area contributed by atoms with E-state index >= 15 is 0 Å². The van der Waals surface area contributed by atoms with Crippen molar-refractivity contribution in [1.29, 1.82) is 0 Å². The molecule has 2 rings (SSSR count). The second-order valence-corrected chi connectivity index (χ2v) is 5.37. The van der Waals surface area contributed by atoms with Crippen molar-refractivity contribution in [3.05, 3.63) is 64.9 Å². The quantitative estimate of drug-likeness (QED) is 0.822. The molecule has 0 spiro atoms. The van der Waals surface area contributed by atoms with E-state index in [2.05, 4.69) is 10.2 Å². The van der Waals surface area contributed by atoms with Crippen LogP contribution in [0.1, 0.15) is 16.8 Å². The van der Waals surface area contributed by atoms with Crippen LogP contribution in [0, 0.1) is 5.82 Å². The van der Waals surface area contributed by atoms with Crippen LogP contribution in [0.5, 0.6) is 0 Å². The van der Waals surface area contributed by atoms with Crippen molar-refractivity contribution in [3.8, 4) is 0 Å². The summed E-state index contributed by atoms with van der Waals surface area (Å²) in [6.45, 7) is 1.25. The summed E-state index contributed by atoms with van der Waals surface area (Å²) in [6, 6.07) is 14.2. The lowest BCUT2D eigenvalue weighted by Crippen LogP contribution is -2.29. The monoisotopic (exact) mass is 320 g/mol. The summed E-state index contributed by atoms with van der Waals surface area (Å²) in [6.07, 6.45) is 0.753. The fraction of sp³-hybridized carbons (Fsp3) is 0.235. The van der Waals surface area contributed by atoms with Crippen LogP contribution in [0.15, 0.2) is 48.5 Å². The van der Waals surface area contributed by atoms with Gasteiger partial charge in [-0.15, -0.1) is 0 Å². The fourth-order valence-corrected chi connectivity index (χ4v) is 2.38. The Morgan fingerprint density at radius 2 is 1.91 bits per heavy atom. The number of halogens is 2. The first-order valence-corrected chi connectivity index (χ1v) is 7.46. The molecule has 0 fully saturated rings. The molecule has 0 saturated carbocycles. The van der Waals surface area contributed by atoms with Gasteiger partial charge in [0.2, 0.25) is 0 Å². The van der Waals surface area contributed by atoms with Crippen LogP contribution in [0.2, 0.25) is 5.02 Å². The third kappa shape index (κ3) is 4.21. The van der Waals surface area contributed by atoms with Gasteiger partial charge in [-0.1, -0.05) is 35.9 Å². The normalized spacial score (nSPS) is 10.3. The standard InChI is InChI=1S/C17H18ClFN2O/c1-21(13-7-3-2-4-8-13)12-6-11-20-17(22)16-14(18)9-5-10-15(16)19/h2-5,7-10H,6,11-12H2,1H3,(H,20,22). The predicted molar refractivity (Wildman–Crippen MR) is 88.1 cm³/mol. The maximum atomic E-state index is 13.6. The van der Waals surface area contributed by atoms with E-state index in [1.165, 1.54) is 18.2 Å². The lowest BCUT2D eigenvalue weighted by molar-refractivity contribution is 0.0949. The highest BCUT2D eigenvalue weighted by molar-refractivity contribution is 6.33. The number of nitrogens with one attached hydrogen (secondary N) is 1. The highest BCUT2D eigenvalue weighted by Gasteiger charge is 2.14. The molecule has 5 heteroatoms. The Morgan fingerprint density at radius 1 is 1.18 bits per heavy atom. The molecule has 116 valence electrons. The molecule has 0 aromatic heterocycles. The van der Waals surface area contributed by atoms with Crippen LogP contribution in [0.3, 0.4) is 0 Å². The molecule has 0 saturated heterocycles. The molecule has 0 aliphatic heterocycles. The lowest BCUT2D eigenvalue weighted by Gasteiger charge is -2.19. The molecular weight excluding hydrogens is 303 g/mol. The van der Waals surface area contributed by atoms with Crippen molar-refractivity contribution in [2.75, 3.05) is 25.0 Å². The number of nitrogens with zero attached hydrogens (tertiary/aromatic N) is 1. The van der Waals surface area contributed by atoms with Crippen molar-refractivity contribution >= 4 is 23.2 Å². The van der Waals surface area contributed by atoms with Crippen LogP contribution >= 0.6 is 11.6 Å². The molecule has 1 amide bonds. The first-order chi connectivity index (χ1) is 10.6. The number of amides is 1. The number of carbonyl (C=O) groups is 1. The first-order valence-electron chi connectivity index (χ1n) is 7.08. The van der Waals surface area contributed by atoms with E-state index < -0.39 is 11.7 Å². The zero-order chi connectivity index (χ0) is 15.9. The predicted octanol–water partition coefficient (Wildman–Crippen LogP) is 3.74. The van der Waals surface area contributed by atoms with Gasteiger partial charge in [-0.2, -0.15) is 0 Å². The Balaban J connectivity index is 1.80. The summed E-state index contributed by atoms with van der Waals surface area (Å²) in [5.41, 5.74) is 1.02. The number of para-hydroxylation sites is 1. The van der Waals surface area contributed by atoms with E-state index in [1.807, 2.05) is 37.4 Å². The molecule has 0 radical (unpaired) electrons. The van der Waals surface area contributed by atoms with Gasteiger partial charge in [0, 0.05) is 25.8 Å². The van der Waals surface area contributed by atoms with Gasteiger partial charge in [0.15, 0.2) is 0 Å². The highest BCUT2D eigenvalue weighted by Crippen LogP contribution is 2.18. The third-order valence-corrected chi connectivity index (χ3v) is 3.66. The van der Waals surface area contributed by atoms with Crippen LogP contribution in [0.4, 0.5) is 10.1 Å². The van der Waals surface area contributed by atoms with E-state index in [-0.39, 0.29) is 10.6 Å². The maximum Gasteiger partial charge on any atom is 0.255 e. The molecular formula is C17H18ClFN2O. The fourth-order valence-electron chi connectivity index (χ4n) is 2.13. The molecule has 22 heavy (non-hydrogen) atoms. The molecule has 0 atom stereocenters. The van der Waals surface area contributed by atoms with Gasteiger partial charge in [-0.05, 0) is 30.7 Å². The molecule has 2 aromatic rings. The number of hydrogen-bond donors (Lipinski definition) is 1. The first kappa shape index (κ1) is 16.3. The molecule has 0 unspecified atom stereocenters. The van der Waals surface area contributed by atoms with E-state index in [9.17, 15) is 9.18 Å². The summed E-state index contributed by atoms with van der Waals surface area (Å²) < 4.78 is 13.6. The average molecular weight is 321 g/mol. The van der Waals surface area contributed by atoms with Crippen molar-refractivity contribution < 1.29 is 9.18 Å². The summed E-state index contributed by atoms with van der Waals surface area (Å²) in [4.78, 5) is 14.1. The second kappa shape index (κ2) is 7.80. The summed E-state index contributed by atoms with van der Waals surface area (Å²) >= 11 is 5.86. The SMILES string of the molecule is CN(CCCNC(=O)c1c(F)cccc1Cl)c1ccccc1. The number of rotatable bonds is 6. The Kier molecular flexibility index (Phi) is 5.78. The molecule has 0 aliphatic carbocycles. The molecule has 0 heterocycles. The van der Waals surface area contributed by atoms with Crippen molar-refractivity contribution in [3.63, 3.8) is 0 Å². The molecule has 2 aromatic carbocycles. The number of hydrogen-bond acceptors (Lipinski definition) is 2. The van der Waals surface area contributed by atoms with Crippen molar-refractivity contribution in [2.45, 2.75) is 6.42 Å². The Morgan fingerprint density at radius 3 is 2.59 bits per heavy atom. The Labute approximate surface area is 134 Å². The van der Waals surface area contributed by atoms with Gasteiger partial charge in [0.1, 0.15) is 5.82 Å². The largest absolute Gasteiger partial charge is 0.375 e. The number of carbonyl (C=O) groups excluding carboxylic acids is 1. The second-order valence-electron chi connectivity index (χ2n) is 4.96. The van der Waals surface area contributed by atoms with Crippen LogP contribution in [-0.2, 0) is 0 Å². The van der Waals surface area contributed by atoms with E-state index in [4.69, 9.17) is 11.6 Å². The summed E-state index contributed by atoms with van der Waals surface area (Å²) in [5.74, 6) is -1.09. The topological polar surface area (TPSA) is 32.3 Å². The number of anilines is 1. The Bertz CT molecular complexity index is 614. The zero-order valence-corrected chi connectivity index (χ0v) is 13.1. The van der Waals surface area contributed by atoms with Crippen LogP contribution < -0.4 is 10.2 Å². The molecule has 1 N–H and O–H groups in total. The smallest absolute Gasteiger partial charge is 0.255 e. The molecule has 3 nitrogen and oxygen atoms in total. The molecule has 0 bridgehead atoms. The molecule has 0 aliphatic rings. The minimum absolute atomic E-state index is 0.0967. The minimum atomic E-state index is -0.605. The highest BCUT2D eigenvalue weighted by atomic mass is 35.5. The zero-order valence-electron chi connectivity index (χ0n) is 12.4. The van der Waals surface area contributed by atoms with Gasteiger partial charge in [0.05, 0.1) is 10.6 Å². The van der Waals surface area contributed by atoms with E-state index in [1.54, 1.807) is 0 Å². The van der Waals surface area contributed by atoms with Crippen LogP contribution in [0.25, 0.3) is 0 Å². The number of benzene rings is 2. The van der Waals surface area contributed by atoms with Gasteiger partial charge < -0.3 is 10.2 Å². The van der Waals surface area contributed by atoms with Gasteiger partial charge in [0.25, 0.3) is 5.91 Å². The van der Waals surface area contributed by atoms with Crippen molar-refractivity contribution in [2.24, 2.45) is 0 Å².